The number of benzene rings is 1. The monoisotopic (exact) mass is 1630 g/mol. The van der Waals surface area contributed by atoms with Crippen molar-refractivity contribution in [2.75, 3.05) is 60.8 Å². The number of aromatic amines is 3. The second-order valence-electron chi connectivity index (χ2n) is 27.3. The molecule has 0 spiro atoms. The molecule has 1 unspecified atom stereocenters. The van der Waals surface area contributed by atoms with Crippen molar-refractivity contribution < 1.29 is 88.5 Å². The zero-order chi connectivity index (χ0) is 81.8. The van der Waals surface area contributed by atoms with Crippen LogP contribution in [0.3, 0.4) is 0 Å². The number of aliphatic carboxylic acids is 1. The summed E-state index contributed by atoms with van der Waals surface area (Å²) in [5.41, 5.74) is 13.3. The summed E-state index contributed by atoms with van der Waals surface area (Å²) in [5.74, 6) is -14.3. The molecule has 41 heteroatoms. The number of nitrogens with one attached hydrogen (secondary N) is 11. The molecule has 1 aliphatic carbocycles. The highest BCUT2D eigenvalue weighted by Crippen LogP contribution is 2.48. The summed E-state index contributed by atoms with van der Waals surface area (Å²) in [6.07, 6.45) is -0.207. The zero-order valence-corrected chi connectivity index (χ0v) is 65.4. The van der Waals surface area contributed by atoms with Crippen molar-refractivity contribution in [3.05, 3.63) is 121 Å². The van der Waals surface area contributed by atoms with Crippen molar-refractivity contribution in [1.82, 2.24) is 77.1 Å². The van der Waals surface area contributed by atoms with Crippen LogP contribution in [0.4, 0.5) is 11.6 Å². The Bertz CT molecular complexity index is 5190. The molecule has 7 heterocycles. The van der Waals surface area contributed by atoms with Crippen LogP contribution in [0.25, 0.3) is 33.2 Å². The van der Waals surface area contributed by atoms with Crippen LogP contribution in [-0.2, 0) is 69.9 Å². The van der Waals surface area contributed by atoms with Gasteiger partial charge < -0.3 is 68.1 Å². The molecule has 37 nitrogen and oxygen atoms in total. The van der Waals surface area contributed by atoms with Crippen molar-refractivity contribution in [3.8, 4) is 0 Å². The first-order valence-electron chi connectivity index (χ1n) is 35.6. The summed E-state index contributed by atoms with van der Waals surface area (Å²) in [4.78, 5) is 194. The number of nitrogens with two attached hydrogens (primary N) is 1. The molecule has 0 fully saturated rings. The normalized spacial score (nSPS) is 16.9. The smallest absolute Gasteiger partial charge is 0.327 e. The molecule has 0 saturated heterocycles. The maximum Gasteiger partial charge on any atom is 0.327 e. The van der Waals surface area contributed by atoms with E-state index in [2.05, 4.69) is 86.3 Å². The van der Waals surface area contributed by atoms with Crippen molar-refractivity contribution in [2.24, 2.45) is 0 Å². The quantitative estimate of drug-likeness (QED) is 0.00670. The predicted octanol–water partition coefficient (Wildman–Crippen LogP) is 3.20. The number of hydrogen-bond donors (Lipinski definition) is 15. The van der Waals surface area contributed by atoms with Crippen LogP contribution in [-0.4, -0.2) is 210 Å². The molecule has 7 amide bonds. The summed E-state index contributed by atoms with van der Waals surface area (Å²) in [7, 11) is -5.98. The molecule has 3 aliphatic rings. The minimum Gasteiger partial charge on any atom is -0.480 e. The van der Waals surface area contributed by atoms with Gasteiger partial charge in [0.15, 0.2) is 22.7 Å². The number of carbonyl (C=O) groups excluding carboxylic acids is 10. The van der Waals surface area contributed by atoms with E-state index in [1.807, 2.05) is 32.0 Å². The molecule has 2 aliphatic heterocycles. The molecule has 16 N–H and O–H groups in total. The van der Waals surface area contributed by atoms with Crippen LogP contribution < -0.4 is 53.8 Å². The number of aryl methyl sites for hydroxylation is 2. The van der Waals surface area contributed by atoms with Crippen molar-refractivity contribution in [1.29, 1.82) is 0 Å². The number of carboxylic acids is 1. The highest BCUT2D eigenvalue weighted by molar-refractivity contribution is 8.76. The Hall–Kier alpha value is -10.8. The highest BCUT2D eigenvalue weighted by atomic mass is 33.1. The Morgan fingerprint density at radius 1 is 0.688 bits per heavy atom. The van der Waals surface area contributed by atoms with E-state index in [1.165, 1.54) is 32.4 Å². The highest BCUT2D eigenvalue weighted by Gasteiger charge is 2.46. The second-order valence-corrected chi connectivity index (χ2v) is 33.0. The maximum atomic E-state index is 14.6. The third-order valence-corrected chi connectivity index (χ3v) is 23.1. The van der Waals surface area contributed by atoms with Crippen LogP contribution in [0.2, 0.25) is 0 Å². The van der Waals surface area contributed by atoms with Gasteiger partial charge in [-0.1, -0.05) is 42.4 Å². The fourth-order valence-corrected chi connectivity index (χ4v) is 16.2. The molecule has 9 atom stereocenters. The third kappa shape index (κ3) is 21.7. The number of carboxylic acid groups (broad SMARTS) is 1. The first kappa shape index (κ1) is 85.3. The number of H-pyrrole nitrogens is 3. The lowest BCUT2D eigenvalue weighted by Crippen LogP contribution is -2.57. The number of aromatic nitrogens is 8. The number of carbonyl (C=O) groups is 11. The van der Waals surface area contributed by atoms with Gasteiger partial charge in [0.2, 0.25) is 41.4 Å². The molecule has 8 bridgehead atoms. The lowest BCUT2D eigenvalue weighted by Gasteiger charge is -2.24. The summed E-state index contributed by atoms with van der Waals surface area (Å²) in [6, 6.07) is 5.46. The minimum absolute atomic E-state index is 0.00559. The number of ether oxygens (including phenoxy) is 1. The van der Waals surface area contributed by atoms with Gasteiger partial charge in [0.25, 0.3) is 31.7 Å². The van der Waals surface area contributed by atoms with Crippen LogP contribution >= 0.6 is 21.6 Å². The van der Waals surface area contributed by atoms with Gasteiger partial charge in [-0.15, -0.1) is 0 Å². The van der Waals surface area contributed by atoms with Gasteiger partial charge in [-0.3, -0.25) is 76.8 Å². The molecule has 0 saturated carbocycles. The van der Waals surface area contributed by atoms with E-state index >= 15 is 0 Å². The fraction of sp³-hybridized carbons (Fsp3) is 0.451. The Morgan fingerprint density at radius 2 is 1.29 bits per heavy atom. The van der Waals surface area contributed by atoms with E-state index in [0.717, 1.165) is 39.4 Å². The lowest BCUT2D eigenvalue weighted by molar-refractivity contribution is -0.142. The molecule has 600 valence electrons. The average molecular weight is 1630 g/mol. The van der Waals surface area contributed by atoms with Crippen LogP contribution in [0.5, 0.6) is 0 Å². The van der Waals surface area contributed by atoms with Crippen molar-refractivity contribution in [2.45, 2.75) is 154 Å². The molecule has 6 aromatic rings. The third-order valence-electron chi connectivity index (χ3n) is 19.3. The number of methoxy groups -OCH3 is 1. The van der Waals surface area contributed by atoms with Gasteiger partial charge >= 0.3 is 11.9 Å². The Balaban J connectivity index is 0.831. The van der Waals surface area contributed by atoms with Gasteiger partial charge in [-0.2, -0.15) is 21.8 Å². The summed E-state index contributed by atoms with van der Waals surface area (Å²) in [5, 5.41) is 30.1. The van der Waals surface area contributed by atoms with E-state index in [0.29, 0.717) is 72.7 Å². The molecule has 9 rings (SSSR count). The van der Waals surface area contributed by atoms with Crippen molar-refractivity contribution in [3.63, 3.8) is 0 Å². The zero-order valence-electron chi connectivity index (χ0n) is 62.1. The van der Waals surface area contributed by atoms with Gasteiger partial charge in [-0.05, 0) is 101 Å². The Morgan fingerprint density at radius 3 is 1.91 bits per heavy atom. The predicted molar refractivity (Wildman–Crippen MR) is 413 cm³/mol. The number of anilines is 2. The number of rotatable bonds is 36. The molecule has 5 aromatic heterocycles. The number of amides is 7. The van der Waals surface area contributed by atoms with Gasteiger partial charge in [0.1, 0.15) is 24.0 Å². The van der Waals surface area contributed by atoms with Gasteiger partial charge in [0, 0.05) is 130 Å². The van der Waals surface area contributed by atoms with E-state index in [1.54, 1.807) is 26.0 Å². The topological polar surface area (TPSA) is 577 Å². The standard InChI is InChI=1S/C71H87N17O20S4/c1-9-41-33(3)43-26-48-56(37(7)89)35(5)45(81-48)24-44-34(4)42(60(83-44)58-59(70(101)108-8)63(94)57-36(6)46(84-61(57)58)25-47(41)80-43)15-17-52(90)73-18-21-109-110-31-51(69(99)100)86-67(97)50(28-55(93)75-20-23-112(105,106)107)85-66(96)49(27-54(92)74-19-22-111(102,103)104)82-53(91)16-10-32(2)78-65(95)38-11-13-39(14-12-38)76-29-40-30-77-64-62(79-40)68(98)88-71(72)87-64/h11-14,24-26,30,32-34,41-42,49-51,59,76,81,84H,9-10,15-23,27-29,31H2,1-8H3,(H,73,90)(H,74,92)(H,75,93)(H,78,95)(H,82,91)(H,85,96)(H,86,97)(H,99,100)(H,102,103,104)(H,105,106,107)(H3,72,77,87,88,98)/t32-,33-,34+,41-,42+,49+,50+,51+,59?/m1/s1. The van der Waals surface area contributed by atoms with E-state index in [9.17, 15) is 88.6 Å². The average Bonchev–Trinajstić information content (AvgIpc) is 1.56. The number of Topliss-reactive ketones (excluding diaryl/α,β-unsaturated/α-hetero) is 2. The number of fused-ring (bicyclic) bond motifs is 9. The Kier molecular flexibility index (Phi) is 28.2. The van der Waals surface area contributed by atoms with E-state index < -0.39 is 171 Å². The van der Waals surface area contributed by atoms with Gasteiger partial charge in [-0.25, -0.2) is 14.8 Å². The first-order chi connectivity index (χ1) is 52.9. The number of nitrogens with zero attached hydrogens (tertiary/aromatic N) is 5. The van der Waals surface area contributed by atoms with Crippen LogP contribution in [0.15, 0.2) is 53.5 Å². The first-order valence-corrected chi connectivity index (χ1v) is 41.3. The molecular weight excluding hydrogens is 1540 g/mol. The summed E-state index contributed by atoms with van der Waals surface area (Å²) >= 11 is 0. The van der Waals surface area contributed by atoms with Crippen LogP contribution in [0, 0.1) is 13.8 Å². The lowest BCUT2D eigenvalue weighted by atomic mass is 9.84. The molecular formula is C71H87N17O20S4. The molecule has 112 heavy (non-hydrogen) atoms. The SMILES string of the molecule is CC[C@H]1c2cc3[nH]c4c(c3C)C(=O)C(C(=O)OC)c4c3nc(cc4[nH]c(cc(n2)[C@@H]1C)c(C(C)=O)c4C)[C@@H](C)[C@@H]3CCC(=O)NCCSSC[C@H](NC(=O)[C@H](CC(=O)NCCS(=O)(=O)O)NC(=O)[C@H](CC(=O)NCCS(=O)(=O)O)NC(=O)CC[C@@H](C)NC(=O)c1ccc(NCc2cnc3nc(N)[nH]c(=O)c3n2)cc1)C(=O)O. The van der Waals surface area contributed by atoms with Crippen molar-refractivity contribution >= 4 is 152 Å². The largest absolute Gasteiger partial charge is 0.480 e. The summed E-state index contributed by atoms with van der Waals surface area (Å²) < 4.78 is 69.6. The second kappa shape index (κ2) is 37.1. The fourth-order valence-electron chi connectivity index (χ4n) is 13.4. The number of hydrogen-bond acceptors (Lipinski definition) is 26. The van der Waals surface area contributed by atoms with Crippen LogP contribution in [0.1, 0.15) is 185 Å². The number of ketones is 2. The van der Waals surface area contributed by atoms with E-state index in [4.69, 9.17) is 20.4 Å². The minimum atomic E-state index is -4.62. The summed E-state index contributed by atoms with van der Waals surface area (Å²) in [6.45, 7) is 11.6. The van der Waals surface area contributed by atoms with Gasteiger partial charge in [0.05, 0.1) is 66.6 Å². The number of esters is 1. The maximum absolute atomic E-state index is 14.6. The molecule has 0 radical (unpaired) electrons. The van der Waals surface area contributed by atoms with E-state index in [-0.39, 0.29) is 84.2 Å². The molecule has 1 aromatic carbocycles. The Labute approximate surface area is 649 Å². The number of nitrogen functional groups attached to an aromatic ring is 1.